The second kappa shape index (κ2) is 3.65. The Bertz CT molecular complexity index is 347. The predicted octanol–water partition coefficient (Wildman–Crippen LogP) is 2.38. The molecule has 0 saturated heterocycles. The summed E-state index contributed by atoms with van der Waals surface area (Å²) in [5.41, 5.74) is 0.0492. The molecule has 0 spiro atoms. The first-order valence-corrected chi connectivity index (χ1v) is 4.63. The van der Waals surface area contributed by atoms with Crippen molar-refractivity contribution < 1.29 is 9.66 Å². The van der Waals surface area contributed by atoms with Crippen molar-refractivity contribution in [3.05, 3.63) is 34.4 Å². The van der Waals surface area contributed by atoms with E-state index in [2.05, 4.69) is 0 Å². The first-order valence-electron chi connectivity index (χ1n) is 4.63. The summed E-state index contributed by atoms with van der Waals surface area (Å²) in [7, 11) is 0. The molecule has 4 nitrogen and oxygen atoms in total. The number of ether oxygens (including phenoxy) is 1. The van der Waals surface area contributed by atoms with Gasteiger partial charge in [0.1, 0.15) is 0 Å². The van der Waals surface area contributed by atoms with E-state index in [1.165, 1.54) is 18.9 Å². The molecule has 1 aromatic carbocycles. The summed E-state index contributed by atoms with van der Waals surface area (Å²) in [6.07, 6.45) is 2.36. The zero-order chi connectivity index (χ0) is 9.97. The van der Waals surface area contributed by atoms with Crippen LogP contribution < -0.4 is 4.74 Å². The van der Waals surface area contributed by atoms with Crippen LogP contribution in [0.5, 0.6) is 5.75 Å². The molecule has 4 heteroatoms. The molecule has 0 N–H and O–H groups in total. The summed E-state index contributed by atoms with van der Waals surface area (Å²) < 4.78 is 5.38. The average molecular weight is 193 g/mol. The van der Waals surface area contributed by atoms with Crippen molar-refractivity contribution in [2.75, 3.05) is 6.61 Å². The Morgan fingerprint density at radius 1 is 1.43 bits per heavy atom. The van der Waals surface area contributed by atoms with E-state index in [1.54, 1.807) is 18.2 Å². The van der Waals surface area contributed by atoms with Crippen LogP contribution in [0.3, 0.4) is 0 Å². The molecule has 1 aromatic rings. The van der Waals surface area contributed by atoms with Crippen molar-refractivity contribution in [2.45, 2.75) is 12.8 Å². The van der Waals surface area contributed by atoms with Crippen LogP contribution in [0, 0.1) is 16.0 Å². The van der Waals surface area contributed by atoms with Crippen LogP contribution in [-0.4, -0.2) is 11.5 Å². The van der Waals surface area contributed by atoms with Crippen molar-refractivity contribution >= 4 is 5.69 Å². The number of nitrogens with zero attached hydrogens (tertiary/aromatic N) is 1. The van der Waals surface area contributed by atoms with E-state index in [-0.39, 0.29) is 5.69 Å². The van der Waals surface area contributed by atoms with Crippen LogP contribution in [0.25, 0.3) is 0 Å². The lowest BCUT2D eigenvalue weighted by Crippen LogP contribution is -2.01. The molecule has 1 aliphatic rings. The van der Waals surface area contributed by atoms with Crippen molar-refractivity contribution in [3.63, 3.8) is 0 Å². The average Bonchev–Trinajstić information content (AvgIpc) is 2.98. The zero-order valence-corrected chi connectivity index (χ0v) is 7.68. The molecule has 0 unspecified atom stereocenters. The first kappa shape index (κ1) is 8.99. The molecule has 1 saturated carbocycles. The molecule has 1 aliphatic carbocycles. The Labute approximate surface area is 81.7 Å². The Morgan fingerprint density at radius 2 is 2.14 bits per heavy atom. The van der Waals surface area contributed by atoms with Crippen LogP contribution in [0.4, 0.5) is 5.69 Å². The van der Waals surface area contributed by atoms with E-state index < -0.39 is 4.92 Å². The maximum absolute atomic E-state index is 10.6. The summed E-state index contributed by atoms with van der Waals surface area (Å²) in [6, 6.07) is 6.49. The molecule has 0 radical (unpaired) electrons. The smallest absolute Gasteiger partial charge is 0.310 e. The molecule has 0 aliphatic heterocycles. The van der Waals surface area contributed by atoms with Gasteiger partial charge < -0.3 is 4.74 Å². The fourth-order valence-corrected chi connectivity index (χ4v) is 1.22. The van der Waals surface area contributed by atoms with Gasteiger partial charge in [-0.05, 0) is 24.8 Å². The van der Waals surface area contributed by atoms with Crippen molar-refractivity contribution in [1.29, 1.82) is 0 Å². The largest absolute Gasteiger partial charge is 0.487 e. The minimum atomic E-state index is -0.414. The third-order valence-corrected chi connectivity index (χ3v) is 2.23. The molecule has 0 heterocycles. The number of hydrogen-bond acceptors (Lipinski definition) is 3. The second-order valence-electron chi connectivity index (χ2n) is 3.48. The van der Waals surface area contributed by atoms with Gasteiger partial charge in [0.25, 0.3) is 0 Å². The molecule has 2 rings (SSSR count). The van der Waals surface area contributed by atoms with Crippen LogP contribution in [0.1, 0.15) is 12.8 Å². The fraction of sp³-hybridized carbons (Fsp3) is 0.400. The number of nitro groups is 1. The van der Waals surface area contributed by atoms with Gasteiger partial charge in [0, 0.05) is 6.07 Å². The number of rotatable bonds is 4. The third-order valence-electron chi connectivity index (χ3n) is 2.23. The van der Waals surface area contributed by atoms with Gasteiger partial charge in [-0.3, -0.25) is 10.1 Å². The van der Waals surface area contributed by atoms with Gasteiger partial charge >= 0.3 is 5.69 Å². The van der Waals surface area contributed by atoms with E-state index in [9.17, 15) is 10.1 Å². The zero-order valence-electron chi connectivity index (χ0n) is 7.68. The highest BCUT2D eigenvalue weighted by molar-refractivity contribution is 5.45. The quantitative estimate of drug-likeness (QED) is 0.545. The highest BCUT2D eigenvalue weighted by atomic mass is 16.6. The van der Waals surface area contributed by atoms with Crippen molar-refractivity contribution in [3.8, 4) is 5.75 Å². The standard InChI is InChI=1S/C10H11NO3/c12-11(13)9-3-1-2-4-10(9)14-7-8-5-6-8/h1-4,8H,5-7H2. The van der Waals surface area contributed by atoms with Gasteiger partial charge in [-0.25, -0.2) is 0 Å². The maximum Gasteiger partial charge on any atom is 0.310 e. The molecule has 0 bridgehead atoms. The Kier molecular flexibility index (Phi) is 2.35. The minimum Gasteiger partial charge on any atom is -0.487 e. The van der Waals surface area contributed by atoms with E-state index in [0.29, 0.717) is 18.3 Å². The van der Waals surface area contributed by atoms with Gasteiger partial charge in [0.2, 0.25) is 0 Å². The van der Waals surface area contributed by atoms with Crippen LogP contribution in [0.2, 0.25) is 0 Å². The first-order chi connectivity index (χ1) is 6.77. The highest BCUT2D eigenvalue weighted by Crippen LogP contribution is 2.32. The van der Waals surface area contributed by atoms with Crippen molar-refractivity contribution in [1.82, 2.24) is 0 Å². The van der Waals surface area contributed by atoms with Crippen LogP contribution >= 0.6 is 0 Å². The second-order valence-corrected chi connectivity index (χ2v) is 3.48. The normalized spacial score (nSPS) is 15.1. The topological polar surface area (TPSA) is 52.4 Å². The van der Waals surface area contributed by atoms with E-state index in [1.807, 2.05) is 0 Å². The molecule has 0 atom stereocenters. The number of nitro benzene ring substituents is 1. The molecule has 0 aromatic heterocycles. The third kappa shape index (κ3) is 2.02. The van der Waals surface area contributed by atoms with E-state index >= 15 is 0 Å². The summed E-state index contributed by atoms with van der Waals surface area (Å²) in [5, 5.41) is 10.6. The fourth-order valence-electron chi connectivity index (χ4n) is 1.22. The maximum atomic E-state index is 10.6. The molecule has 74 valence electrons. The lowest BCUT2D eigenvalue weighted by Gasteiger charge is -2.04. The van der Waals surface area contributed by atoms with Crippen LogP contribution in [-0.2, 0) is 0 Å². The van der Waals surface area contributed by atoms with Gasteiger partial charge in [0.05, 0.1) is 11.5 Å². The Hall–Kier alpha value is -1.58. The Morgan fingerprint density at radius 3 is 2.79 bits per heavy atom. The highest BCUT2D eigenvalue weighted by Gasteiger charge is 2.23. The van der Waals surface area contributed by atoms with Gasteiger partial charge in [-0.2, -0.15) is 0 Å². The molecule has 0 amide bonds. The van der Waals surface area contributed by atoms with Gasteiger partial charge in [-0.1, -0.05) is 12.1 Å². The van der Waals surface area contributed by atoms with Crippen LogP contribution in [0.15, 0.2) is 24.3 Å². The number of benzene rings is 1. The molecular formula is C10H11NO3. The lowest BCUT2D eigenvalue weighted by molar-refractivity contribution is -0.385. The number of hydrogen-bond donors (Lipinski definition) is 0. The Balaban J connectivity index is 2.09. The van der Waals surface area contributed by atoms with E-state index in [4.69, 9.17) is 4.74 Å². The minimum absolute atomic E-state index is 0.0492. The predicted molar refractivity (Wildman–Crippen MR) is 51.3 cm³/mol. The molecule has 1 fully saturated rings. The summed E-state index contributed by atoms with van der Waals surface area (Å²) in [6.45, 7) is 0.602. The number of para-hydroxylation sites is 2. The molecular weight excluding hydrogens is 182 g/mol. The summed E-state index contributed by atoms with van der Waals surface area (Å²) in [4.78, 5) is 10.2. The van der Waals surface area contributed by atoms with Gasteiger partial charge in [-0.15, -0.1) is 0 Å². The van der Waals surface area contributed by atoms with E-state index in [0.717, 1.165) is 0 Å². The van der Waals surface area contributed by atoms with Crippen molar-refractivity contribution in [2.24, 2.45) is 5.92 Å². The summed E-state index contributed by atoms with van der Waals surface area (Å²) >= 11 is 0. The monoisotopic (exact) mass is 193 g/mol. The summed E-state index contributed by atoms with van der Waals surface area (Å²) in [5.74, 6) is 0.985. The van der Waals surface area contributed by atoms with Gasteiger partial charge in [0.15, 0.2) is 5.75 Å². The SMILES string of the molecule is O=[N+]([O-])c1ccccc1OCC1CC1. The molecule has 14 heavy (non-hydrogen) atoms. The lowest BCUT2D eigenvalue weighted by atomic mass is 10.3.